The summed E-state index contributed by atoms with van der Waals surface area (Å²) in [5.74, 6) is 0.741. The lowest BCUT2D eigenvalue weighted by Crippen LogP contribution is -2.18. The summed E-state index contributed by atoms with van der Waals surface area (Å²) in [6.07, 6.45) is 0.934. The SMILES string of the molecule is Cc1ccc(CC(C)n2nnnc2C(C)N)s1. The highest BCUT2D eigenvalue weighted by atomic mass is 32.1. The summed E-state index contributed by atoms with van der Waals surface area (Å²) >= 11 is 1.81. The Kier molecular flexibility index (Phi) is 3.54. The normalized spacial score (nSPS) is 14.8. The summed E-state index contributed by atoms with van der Waals surface area (Å²) in [6.45, 7) is 6.12. The van der Waals surface area contributed by atoms with Crippen LogP contribution >= 0.6 is 11.3 Å². The first-order valence-electron chi connectivity index (χ1n) is 5.66. The molecule has 0 radical (unpaired) electrons. The van der Waals surface area contributed by atoms with Gasteiger partial charge in [0, 0.05) is 16.2 Å². The highest BCUT2D eigenvalue weighted by molar-refractivity contribution is 7.11. The summed E-state index contributed by atoms with van der Waals surface area (Å²) in [7, 11) is 0. The molecule has 17 heavy (non-hydrogen) atoms. The maximum absolute atomic E-state index is 5.83. The molecule has 5 nitrogen and oxygen atoms in total. The zero-order valence-corrected chi connectivity index (χ0v) is 11.1. The number of thiophene rings is 1. The molecular weight excluding hydrogens is 234 g/mol. The zero-order valence-electron chi connectivity index (χ0n) is 10.3. The largest absolute Gasteiger partial charge is 0.322 e. The molecule has 2 unspecified atom stereocenters. The third-order valence-electron chi connectivity index (χ3n) is 2.64. The molecule has 2 aromatic rings. The van der Waals surface area contributed by atoms with E-state index >= 15 is 0 Å². The Hall–Kier alpha value is -1.27. The Morgan fingerprint density at radius 2 is 2.18 bits per heavy atom. The van der Waals surface area contributed by atoms with Crippen LogP contribution in [0.3, 0.4) is 0 Å². The average molecular weight is 251 g/mol. The minimum absolute atomic E-state index is 0.141. The van der Waals surface area contributed by atoms with Gasteiger partial charge in [0.25, 0.3) is 0 Å². The molecule has 2 aromatic heterocycles. The van der Waals surface area contributed by atoms with E-state index in [4.69, 9.17) is 5.73 Å². The van der Waals surface area contributed by atoms with E-state index in [1.54, 1.807) is 0 Å². The maximum Gasteiger partial charge on any atom is 0.167 e. The Morgan fingerprint density at radius 1 is 1.41 bits per heavy atom. The van der Waals surface area contributed by atoms with Crippen molar-refractivity contribution in [2.45, 2.75) is 39.3 Å². The standard InChI is InChI=1S/C11H17N5S/c1-7(6-10-5-4-8(2)17-10)16-11(9(3)12)13-14-15-16/h4-5,7,9H,6,12H2,1-3H3. The molecule has 0 aromatic carbocycles. The zero-order chi connectivity index (χ0) is 12.4. The molecule has 6 heteroatoms. The second kappa shape index (κ2) is 4.93. The molecule has 0 fully saturated rings. The lowest BCUT2D eigenvalue weighted by molar-refractivity contribution is 0.448. The van der Waals surface area contributed by atoms with Crippen LogP contribution in [0.25, 0.3) is 0 Å². The van der Waals surface area contributed by atoms with E-state index in [9.17, 15) is 0 Å². The van der Waals surface area contributed by atoms with Crippen molar-refractivity contribution >= 4 is 11.3 Å². The first-order valence-corrected chi connectivity index (χ1v) is 6.48. The van der Waals surface area contributed by atoms with E-state index < -0.39 is 0 Å². The van der Waals surface area contributed by atoms with Gasteiger partial charge in [-0.3, -0.25) is 0 Å². The van der Waals surface area contributed by atoms with Gasteiger partial charge in [-0.2, -0.15) is 0 Å². The van der Waals surface area contributed by atoms with Crippen LogP contribution in [0, 0.1) is 6.92 Å². The van der Waals surface area contributed by atoms with Crippen LogP contribution in [0.4, 0.5) is 0 Å². The quantitative estimate of drug-likeness (QED) is 0.900. The van der Waals surface area contributed by atoms with Crippen molar-refractivity contribution in [3.63, 3.8) is 0 Å². The number of rotatable bonds is 4. The van der Waals surface area contributed by atoms with Crippen LogP contribution in [0.5, 0.6) is 0 Å². The Labute approximate surface area is 105 Å². The molecule has 0 amide bonds. The van der Waals surface area contributed by atoms with Crippen molar-refractivity contribution in [2.75, 3.05) is 0 Å². The number of hydrogen-bond acceptors (Lipinski definition) is 5. The third-order valence-corrected chi connectivity index (χ3v) is 3.66. The smallest absolute Gasteiger partial charge is 0.167 e. The van der Waals surface area contributed by atoms with Gasteiger partial charge in [-0.15, -0.1) is 16.4 Å². The fraction of sp³-hybridized carbons (Fsp3) is 0.545. The summed E-state index contributed by atoms with van der Waals surface area (Å²) < 4.78 is 1.82. The van der Waals surface area contributed by atoms with Gasteiger partial charge >= 0.3 is 0 Å². The van der Waals surface area contributed by atoms with Crippen molar-refractivity contribution < 1.29 is 0 Å². The highest BCUT2D eigenvalue weighted by Crippen LogP contribution is 2.22. The van der Waals surface area contributed by atoms with E-state index in [-0.39, 0.29) is 12.1 Å². The van der Waals surface area contributed by atoms with Gasteiger partial charge in [-0.05, 0) is 43.3 Å². The molecule has 0 aliphatic rings. The molecule has 0 aliphatic carbocycles. The van der Waals surface area contributed by atoms with Crippen molar-refractivity contribution in [2.24, 2.45) is 5.73 Å². The van der Waals surface area contributed by atoms with Crippen molar-refractivity contribution in [3.05, 3.63) is 27.7 Å². The number of nitrogens with two attached hydrogens (primary N) is 1. The fourth-order valence-electron chi connectivity index (χ4n) is 1.79. The number of hydrogen-bond donors (Lipinski definition) is 1. The summed E-state index contributed by atoms with van der Waals surface area (Å²) in [5, 5.41) is 11.7. The molecule has 2 atom stereocenters. The topological polar surface area (TPSA) is 69.6 Å². The first kappa shape index (κ1) is 12.2. The van der Waals surface area contributed by atoms with E-state index in [0.29, 0.717) is 0 Å². The van der Waals surface area contributed by atoms with Crippen LogP contribution in [0.1, 0.15) is 41.5 Å². The highest BCUT2D eigenvalue weighted by Gasteiger charge is 2.16. The van der Waals surface area contributed by atoms with E-state index in [1.165, 1.54) is 9.75 Å². The van der Waals surface area contributed by atoms with Crippen LogP contribution in [0.15, 0.2) is 12.1 Å². The van der Waals surface area contributed by atoms with Gasteiger partial charge < -0.3 is 5.73 Å². The Balaban J connectivity index is 2.14. The number of nitrogens with zero attached hydrogens (tertiary/aromatic N) is 4. The molecule has 2 rings (SSSR count). The number of aromatic nitrogens is 4. The second-order valence-corrected chi connectivity index (χ2v) is 5.71. The van der Waals surface area contributed by atoms with Gasteiger partial charge in [-0.1, -0.05) is 0 Å². The monoisotopic (exact) mass is 251 g/mol. The van der Waals surface area contributed by atoms with Crippen LogP contribution in [-0.4, -0.2) is 20.2 Å². The van der Waals surface area contributed by atoms with Crippen LogP contribution in [0.2, 0.25) is 0 Å². The molecule has 0 aliphatic heterocycles. The van der Waals surface area contributed by atoms with Crippen molar-refractivity contribution in [3.8, 4) is 0 Å². The minimum atomic E-state index is -0.141. The maximum atomic E-state index is 5.83. The van der Waals surface area contributed by atoms with Gasteiger partial charge in [0.1, 0.15) is 0 Å². The van der Waals surface area contributed by atoms with Gasteiger partial charge in [0.15, 0.2) is 5.82 Å². The predicted octanol–water partition coefficient (Wildman–Crippen LogP) is 1.87. The minimum Gasteiger partial charge on any atom is -0.322 e. The second-order valence-electron chi connectivity index (χ2n) is 4.34. The fourth-order valence-corrected chi connectivity index (χ4v) is 2.80. The molecule has 2 heterocycles. The molecule has 2 N–H and O–H groups in total. The Bertz CT molecular complexity index is 488. The predicted molar refractivity (Wildman–Crippen MR) is 67.9 cm³/mol. The average Bonchev–Trinajstić information content (AvgIpc) is 2.86. The lowest BCUT2D eigenvalue weighted by atomic mass is 10.2. The van der Waals surface area contributed by atoms with E-state index in [1.807, 2.05) is 22.9 Å². The third kappa shape index (κ3) is 2.70. The van der Waals surface area contributed by atoms with Gasteiger partial charge in [0.2, 0.25) is 0 Å². The summed E-state index contributed by atoms with van der Waals surface area (Å²) in [5.41, 5.74) is 5.83. The van der Waals surface area contributed by atoms with Gasteiger partial charge in [-0.25, -0.2) is 4.68 Å². The summed E-state index contributed by atoms with van der Waals surface area (Å²) in [4.78, 5) is 2.68. The van der Waals surface area contributed by atoms with Crippen LogP contribution < -0.4 is 5.73 Å². The molecule has 92 valence electrons. The van der Waals surface area contributed by atoms with Gasteiger partial charge in [0.05, 0.1) is 12.1 Å². The molecule has 0 bridgehead atoms. The molecular formula is C11H17N5S. The number of tetrazole rings is 1. The molecule has 0 saturated heterocycles. The first-order chi connectivity index (χ1) is 8.08. The molecule has 0 saturated carbocycles. The number of aryl methyl sites for hydroxylation is 1. The summed E-state index contributed by atoms with van der Waals surface area (Å²) in [6, 6.07) is 4.38. The molecule has 0 spiro atoms. The Morgan fingerprint density at radius 3 is 2.76 bits per heavy atom. The van der Waals surface area contributed by atoms with E-state index in [2.05, 4.69) is 41.5 Å². The van der Waals surface area contributed by atoms with E-state index in [0.717, 1.165) is 12.2 Å². The van der Waals surface area contributed by atoms with Crippen LogP contribution in [-0.2, 0) is 6.42 Å². The lowest BCUT2D eigenvalue weighted by Gasteiger charge is -2.13. The van der Waals surface area contributed by atoms with Crippen molar-refractivity contribution in [1.29, 1.82) is 0 Å². The van der Waals surface area contributed by atoms with Crippen molar-refractivity contribution in [1.82, 2.24) is 20.2 Å².